The molecule has 0 saturated carbocycles. The molecule has 4 nitrogen and oxygen atoms in total. The minimum absolute atomic E-state index is 0.460. The molecule has 0 radical (unpaired) electrons. The normalized spacial score (nSPS) is 10.8. The predicted octanol–water partition coefficient (Wildman–Crippen LogP) is 0.553. The molecule has 0 amide bonds. The topological polar surface area (TPSA) is 52.2 Å². The van der Waals surface area contributed by atoms with Gasteiger partial charge < -0.3 is 4.42 Å². The maximum absolute atomic E-state index is 11.0. The molecule has 0 aromatic carbocycles. The molecule has 5 heteroatoms. The number of thiophene rings is 1. The van der Waals surface area contributed by atoms with Crippen molar-refractivity contribution in [2.45, 2.75) is 0 Å². The van der Waals surface area contributed by atoms with Crippen LogP contribution in [0.1, 0.15) is 0 Å². The maximum Gasteiger partial charge on any atom is 0.422 e. The van der Waals surface area contributed by atoms with Crippen LogP contribution in [0.4, 0.5) is 0 Å². The molecule has 2 aromatic heterocycles. The maximum atomic E-state index is 11.0. The Balaban J connectivity index is 3.18. The average Bonchev–Trinajstić information content (AvgIpc) is 2.48. The Hall–Kier alpha value is -1.36. The van der Waals surface area contributed by atoms with Gasteiger partial charge in [-0.25, -0.2) is 9.59 Å². The van der Waals surface area contributed by atoms with Gasteiger partial charge in [0.1, 0.15) is 4.83 Å². The summed E-state index contributed by atoms with van der Waals surface area (Å²) in [5.41, 5.74) is -0.561. The molecule has 0 aliphatic heterocycles. The highest BCUT2D eigenvalue weighted by Gasteiger charge is 2.06. The zero-order valence-corrected chi connectivity index (χ0v) is 7.05. The summed E-state index contributed by atoms with van der Waals surface area (Å²) in [5.74, 6) is -0.616. The third-order valence-electron chi connectivity index (χ3n) is 1.62. The SMILES string of the molecule is Cn1c(=O)oc(=O)c2ccsc21. The molecule has 0 spiro atoms. The lowest BCUT2D eigenvalue weighted by molar-refractivity contribution is 0.434. The Labute approximate surface area is 70.7 Å². The van der Waals surface area contributed by atoms with Gasteiger partial charge in [-0.1, -0.05) is 0 Å². The average molecular weight is 183 g/mol. The molecule has 2 aromatic rings. The number of aromatic nitrogens is 1. The smallest absolute Gasteiger partial charge is 0.372 e. The summed E-state index contributed by atoms with van der Waals surface area (Å²) in [7, 11) is 1.57. The zero-order valence-electron chi connectivity index (χ0n) is 6.23. The summed E-state index contributed by atoms with van der Waals surface area (Å²) < 4.78 is 5.76. The first-order chi connectivity index (χ1) is 5.70. The molecule has 0 aliphatic carbocycles. The van der Waals surface area contributed by atoms with Crippen molar-refractivity contribution in [2.75, 3.05) is 0 Å². The minimum Gasteiger partial charge on any atom is -0.372 e. The van der Waals surface area contributed by atoms with Gasteiger partial charge in [0.05, 0.1) is 5.39 Å². The van der Waals surface area contributed by atoms with E-state index in [-0.39, 0.29) is 0 Å². The van der Waals surface area contributed by atoms with Crippen LogP contribution >= 0.6 is 11.3 Å². The first kappa shape index (κ1) is 7.30. The lowest BCUT2D eigenvalue weighted by Gasteiger charge is -1.94. The molecule has 62 valence electrons. The highest BCUT2D eigenvalue weighted by atomic mass is 32.1. The van der Waals surface area contributed by atoms with Crippen LogP contribution in [0.2, 0.25) is 0 Å². The monoisotopic (exact) mass is 183 g/mol. The summed E-state index contributed by atoms with van der Waals surface area (Å²) in [6.45, 7) is 0. The lowest BCUT2D eigenvalue weighted by atomic mass is 10.4. The number of nitrogens with zero attached hydrogens (tertiary/aromatic N) is 1. The van der Waals surface area contributed by atoms with Crippen molar-refractivity contribution in [3.8, 4) is 0 Å². The van der Waals surface area contributed by atoms with E-state index in [9.17, 15) is 9.59 Å². The van der Waals surface area contributed by atoms with E-state index in [1.54, 1.807) is 18.5 Å². The van der Waals surface area contributed by atoms with Gasteiger partial charge >= 0.3 is 11.4 Å². The molecule has 12 heavy (non-hydrogen) atoms. The van der Waals surface area contributed by atoms with Crippen LogP contribution < -0.4 is 11.4 Å². The molecule has 2 heterocycles. The van der Waals surface area contributed by atoms with Gasteiger partial charge in [-0.2, -0.15) is 0 Å². The third kappa shape index (κ3) is 0.831. The Kier molecular flexibility index (Phi) is 1.41. The molecular formula is C7H5NO3S. The van der Waals surface area contributed by atoms with Crippen molar-refractivity contribution < 1.29 is 4.42 Å². The molecule has 0 bridgehead atoms. The van der Waals surface area contributed by atoms with E-state index in [4.69, 9.17) is 0 Å². The zero-order chi connectivity index (χ0) is 8.72. The quantitative estimate of drug-likeness (QED) is 0.599. The number of hydrogen-bond acceptors (Lipinski definition) is 4. The van der Waals surface area contributed by atoms with E-state index in [1.807, 2.05) is 0 Å². The molecular weight excluding hydrogens is 178 g/mol. The van der Waals surface area contributed by atoms with Crippen molar-refractivity contribution in [3.63, 3.8) is 0 Å². The summed E-state index contributed by atoms with van der Waals surface area (Å²) >= 11 is 1.35. The van der Waals surface area contributed by atoms with Crippen LogP contribution in [-0.4, -0.2) is 4.57 Å². The fourth-order valence-corrected chi connectivity index (χ4v) is 1.85. The molecule has 0 aliphatic rings. The molecule has 0 atom stereocenters. The van der Waals surface area contributed by atoms with Gasteiger partial charge in [-0.15, -0.1) is 11.3 Å². The van der Waals surface area contributed by atoms with Crippen LogP contribution in [-0.2, 0) is 7.05 Å². The summed E-state index contributed by atoms with van der Waals surface area (Å²) in [5, 5.41) is 2.21. The van der Waals surface area contributed by atoms with E-state index in [1.165, 1.54) is 15.9 Å². The van der Waals surface area contributed by atoms with Crippen LogP contribution in [0.25, 0.3) is 10.2 Å². The fourth-order valence-electron chi connectivity index (χ4n) is 1.00. The van der Waals surface area contributed by atoms with Gasteiger partial charge in [0.25, 0.3) is 0 Å². The second-order valence-corrected chi connectivity index (χ2v) is 3.25. The van der Waals surface area contributed by atoms with E-state index < -0.39 is 11.4 Å². The fraction of sp³-hybridized carbons (Fsp3) is 0.143. The summed E-state index contributed by atoms with van der Waals surface area (Å²) in [6.07, 6.45) is 0. The largest absolute Gasteiger partial charge is 0.422 e. The van der Waals surface area contributed by atoms with E-state index in [2.05, 4.69) is 4.42 Å². The van der Waals surface area contributed by atoms with Crippen LogP contribution in [0, 0.1) is 0 Å². The summed E-state index contributed by atoms with van der Waals surface area (Å²) in [4.78, 5) is 22.6. The van der Waals surface area contributed by atoms with E-state index in [0.717, 1.165) is 0 Å². The Morgan fingerprint density at radius 1 is 1.50 bits per heavy atom. The van der Waals surface area contributed by atoms with Crippen molar-refractivity contribution in [1.82, 2.24) is 4.57 Å². The van der Waals surface area contributed by atoms with Gasteiger partial charge in [0.15, 0.2) is 0 Å². The van der Waals surface area contributed by atoms with Gasteiger partial charge in [0, 0.05) is 7.05 Å². The molecule has 0 unspecified atom stereocenters. The summed E-state index contributed by atoms with van der Waals surface area (Å²) in [6, 6.07) is 1.64. The predicted molar refractivity (Wildman–Crippen MR) is 45.6 cm³/mol. The van der Waals surface area contributed by atoms with Crippen molar-refractivity contribution in [1.29, 1.82) is 0 Å². The van der Waals surface area contributed by atoms with E-state index in [0.29, 0.717) is 10.2 Å². The molecule has 0 fully saturated rings. The second kappa shape index (κ2) is 2.31. The second-order valence-electron chi connectivity index (χ2n) is 2.35. The molecule has 0 saturated heterocycles. The highest BCUT2D eigenvalue weighted by molar-refractivity contribution is 7.16. The van der Waals surface area contributed by atoms with Crippen molar-refractivity contribution in [2.24, 2.45) is 7.05 Å². The number of hydrogen-bond donors (Lipinski definition) is 0. The Bertz CT molecular complexity index is 533. The van der Waals surface area contributed by atoms with Gasteiger partial charge in [0.2, 0.25) is 0 Å². The Morgan fingerprint density at radius 3 is 3.00 bits per heavy atom. The third-order valence-corrected chi connectivity index (χ3v) is 2.61. The van der Waals surface area contributed by atoms with Crippen molar-refractivity contribution >= 4 is 21.6 Å². The molecule has 2 rings (SSSR count). The first-order valence-electron chi connectivity index (χ1n) is 3.27. The minimum atomic E-state index is -0.616. The highest BCUT2D eigenvalue weighted by Crippen LogP contribution is 2.13. The Morgan fingerprint density at radius 2 is 2.25 bits per heavy atom. The van der Waals surface area contributed by atoms with Gasteiger partial charge in [-0.05, 0) is 11.4 Å². The van der Waals surface area contributed by atoms with Crippen LogP contribution in [0.15, 0.2) is 25.5 Å². The number of aryl methyl sites for hydroxylation is 1. The van der Waals surface area contributed by atoms with Gasteiger partial charge in [-0.3, -0.25) is 4.57 Å². The van der Waals surface area contributed by atoms with Crippen molar-refractivity contribution in [3.05, 3.63) is 32.4 Å². The number of rotatable bonds is 0. The standard InChI is InChI=1S/C7H5NO3S/c1-8-5-4(2-3-12-5)6(9)11-7(8)10/h2-3H,1H3. The first-order valence-corrected chi connectivity index (χ1v) is 4.15. The molecule has 0 N–H and O–H groups in total. The lowest BCUT2D eigenvalue weighted by Crippen LogP contribution is -2.21. The van der Waals surface area contributed by atoms with E-state index >= 15 is 0 Å². The van der Waals surface area contributed by atoms with Crippen LogP contribution in [0.5, 0.6) is 0 Å². The van der Waals surface area contributed by atoms with Crippen LogP contribution in [0.3, 0.4) is 0 Å². The number of fused-ring (bicyclic) bond motifs is 1.